The third kappa shape index (κ3) is 6.02. The van der Waals surface area contributed by atoms with Crippen molar-refractivity contribution in [3.05, 3.63) is 76.4 Å². The van der Waals surface area contributed by atoms with E-state index >= 15 is 0 Å². The summed E-state index contributed by atoms with van der Waals surface area (Å²) in [5.41, 5.74) is 3.00. The van der Waals surface area contributed by atoms with E-state index in [0.29, 0.717) is 10.9 Å². The van der Waals surface area contributed by atoms with Gasteiger partial charge in [-0.05, 0) is 43.4 Å². The van der Waals surface area contributed by atoms with Crippen LogP contribution in [0.5, 0.6) is 0 Å². The predicted octanol–water partition coefficient (Wildman–Crippen LogP) is 3.09. The largest absolute Gasteiger partial charge is 0.313 e. The van der Waals surface area contributed by atoms with Gasteiger partial charge < -0.3 is 5.32 Å². The van der Waals surface area contributed by atoms with Crippen LogP contribution in [0.2, 0.25) is 0 Å². The minimum absolute atomic E-state index is 0.123. The monoisotopic (exact) mass is 364 g/mol. The molecule has 0 aliphatic carbocycles. The van der Waals surface area contributed by atoms with E-state index in [-0.39, 0.29) is 4.49 Å². The molecule has 0 unspecified atom stereocenters. The van der Waals surface area contributed by atoms with Gasteiger partial charge in [0.15, 0.2) is 0 Å². The molecule has 2 rings (SSSR count). The Morgan fingerprint density at radius 1 is 1.04 bits per heavy atom. The Bertz CT molecular complexity index is 721. The maximum Gasteiger partial charge on any atom is 0.286 e. The summed E-state index contributed by atoms with van der Waals surface area (Å²) in [6.07, 6.45) is 1.48. The van der Waals surface area contributed by atoms with Crippen molar-refractivity contribution in [2.45, 2.75) is 6.92 Å². The van der Waals surface area contributed by atoms with E-state index in [1.54, 1.807) is 0 Å². The quantitative estimate of drug-likeness (QED) is 0.445. The van der Waals surface area contributed by atoms with Crippen LogP contribution in [0.15, 0.2) is 65.3 Å². The van der Waals surface area contributed by atoms with Crippen molar-refractivity contribution in [3.63, 3.8) is 0 Å². The minimum atomic E-state index is 0.123. The van der Waals surface area contributed by atoms with Crippen molar-refractivity contribution >= 4 is 52.1 Å². The average molecular weight is 365 g/mol. The number of nitrogens with one attached hydrogen (secondary N) is 3. The van der Waals surface area contributed by atoms with Crippen LogP contribution in [0, 0.1) is 6.92 Å². The molecule has 0 amide bonds. The maximum absolute atomic E-state index is 5.68. The summed E-state index contributed by atoms with van der Waals surface area (Å²) in [7, 11) is 0. The lowest BCUT2D eigenvalue weighted by Gasteiger charge is -2.07. The number of anilines is 1. The van der Waals surface area contributed by atoms with Gasteiger partial charge in [0.2, 0.25) is 0 Å². The SMILES string of the molecule is Cc1ccc(C(NC(=S)Nc2ccccc2)=[NH+]C=C(Cl)Cl)cc1. The van der Waals surface area contributed by atoms with Crippen molar-refractivity contribution in [2.24, 2.45) is 0 Å². The summed E-state index contributed by atoms with van der Waals surface area (Å²) in [6, 6.07) is 17.7. The molecule has 2 aromatic carbocycles. The number of amidine groups is 1. The Labute approximate surface area is 151 Å². The Morgan fingerprint density at radius 3 is 2.30 bits per heavy atom. The van der Waals surface area contributed by atoms with E-state index < -0.39 is 0 Å². The lowest BCUT2D eigenvalue weighted by Crippen LogP contribution is -2.71. The highest BCUT2D eigenvalue weighted by Crippen LogP contribution is 2.06. The molecule has 2 aromatic rings. The normalized spacial score (nSPS) is 10.8. The molecule has 6 heteroatoms. The van der Waals surface area contributed by atoms with Crippen LogP contribution >= 0.6 is 35.4 Å². The zero-order chi connectivity index (χ0) is 16.7. The molecule has 0 aliphatic heterocycles. The van der Waals surface area contributed by atoms with E-state index in [2.05, 4.69) is 15.6 Å². The molecule has 118 valence electrons. The molecule has 3 N–H and O–H groups in total. The lowest BCUT2D eigenvalue weighted by molar-refractivity contribution is -0.374. The van der Waals surface area contributed by atoms with Crippen molar-refractivity contribution in [2.75, 3.05) is 5.32 Å². The molecule has 23 heavy (non-hydrogen) atoms. The van der Waals surface area contributed by atoms with Crippen LogP contribution in [0.4, 0.5) is 5.69 Å². The fourth-order valence-corrected chi connectivity index (χ4v) is 2.16. The predicted molar refractivity (Wildman–Crippen MR) is 102 cm³/mol. The number of benzene rings is 2. The smallest absolute Gasteiger partial charge is 0.286 e. The average Bonchev–Trinajstić information content (AvgIpc) is 2.53. The molecule has 0 saturated heterocycles. The molecule has 0 fully saturated rings. The fourth-order valence-electron chi connectivity index (χ4n) is 1.84. The van der Waals surface area contributed by atoms with Crippen LogP contribution < -0.4 is 15.6 Å². The fraction of sp³-hybridized carbons (Fsp3) is 0.0588. The van der Waals surface area contributed by atoms with Crippen LogP contribution in [-0.2, 0) is 0 Å². The number of halogens is 2. The molecular weight excluding hydrogens is 349 g/mol. The Hall–Kier alpha value is -1.88. The third-order valence-corrected chi connectivity index (χ3v) is 3.36. The number of hydrogen-bond donors (Lipinski definition) is 3. The summed E-state index contributed by atoms with van der Waals surface area (Å²) in [5, 5.41) is 6.69. The Kier molecular flexibility index (Phi) is 6.59. The van der Waals surface area contributed by atoms with Crippen molar-refractivity contribution in [1.82, 2.24) is 5.32 Å². The van der Waals surface area contributed by atoms with E-state index in [1.807, 2.05) is 61.5 Å². The summed E-state index contributed by atoms with van der Waals surface area (Å²) in [6.45, 7) is 2.03. The highest BCUT2D eigenvalue weighted by atomic mass is 35.5. The zero-order valence-electron chi connectivity index (χ0n) is 12.4. The van der Waals surface area contributed by atoms with Crippen LogP contribution in [0.3, 0.4) is 0 Å². The summed E-state index contributed by atoms with van der Waals surface area (Å²) < 4.78 is 0.123. The Morgan fingerprint density at radius 2 is 1.70 bits per heavy atom. The van der Waals surface area contributed by atoms with E-state index in [0.717, 1.165) is 11.3 Å². The van der Waals surface area contributed by atoms with Crippen molar-refractivity contribution in [1.29, 1.82) is 0 Å². The molecule has 0 atom stereocenters. The van der Waals surface area contributed by atoms with Gasteiger partial charge in [0, 0.05) is 5.69 Å². The van der Waals surface area contributed by atoms with Crippen LogP contribution in [0.25, 0.3) is 0 Å². The van der Waals surface area contributed by atoms with Crippen LogP contribution in [0.1, 0.15) is 11.1 Å². The van der Waals surface area contributed by atoms with Gasteiger partial charge in [-0.2, -0.15) is 0 Å². The molecule has 0 aromatic heterocycles. The molecule has 0 heterocycles. The molecule has 3 nitrogen and oxygen atoms in total. The number of rotatable bonds is 3. The topological polar surface area (TPSA) is 38.0 Å². The molecule has 0 spiro atoms. The van der Waals surface area contributed by atoms with E-state index in [1.165, 1.54) is 11.8 Å². The second-order valence-corrected chi connectivity index (χ2v) is 6.18. The first-order valence-corrected chi connectivity index (χ1v) is 8.06. The van der Waals surface area contributed by atoms with Gasteiger partial charge in [0.1, 0.15) is 10.7 Å². The molecule has 0 aliphatic rings. The Balaban J connectivity index is 2.17. The first kappa shape index (κ1) is 17.5. The molecule has 0 bridgehead atoms. The van der Waals surface area contributed by atoms with Gasteiger partial charge >= 0.3 is 0 Å². The second kappa shape index (κ2) is 8.67. The molecular formula is C17H16Cl2N3S+. The summed E-state index contributed by atoms with van der Waals surface area (Å²) in [4.78, 5) is 3.02. The first-order valence-electron chi connectivity index (χ1n) is 6.89. The van der Waals surface area contributed by atoms with Crippen molar-refractivity contribution in [3.8, 4) is 0 Å². The number of para-hydroxylation sites is 1. The maximum atomic E-state index is 5.68. The molecule has 0 radical (unpaired) electrons. The number of hydrogen-bond acceptors (Lipinski definition) is 1. The van der Waals surface area contributed by atoms with Gasteiger partial charge in [-0.1, -0.05) is 59.1 Å². The van der Waals surface area contributed by atoms with Gasteiger partial charge in [0.05, 0.1) is 5.56 Å². The minimum Gasteiger partial charge on any atom is -0.313 e. The summed E-state index contributed by atoms with van der Waals surface area (Å²) >= 11 is 16.7. The highest BCUT2D eigenvalue weighted by molar-refractivity contribution is 7.80. The number of aryl methyl sites for hydroxylation is 1. The van der Waals surface area contributed by atoms with Gasteiger partial charge in [-0.15, -0.1) is 0 Å². The van der Waals surface area contributed by atoms with Gasteiger partial charge in [0.25, 0.3) is 10.9 Å². The lowest BCUT2D eigenvalue weighted by atomic mass is 10.1. The van der Waals surface area contributed by atoms with Gasteiger partial charge in [-0.3, -0.25) is 0 Å². The van der Waals surface area contributed by atoms with Gasteiger partial charge in [-0.25, -0.2) is 10.3 Å². The van der Waals surface area contributed by atoms with E-state index in [9.17, 15) is 0 Å². The third-order valence-electron chi connectivity index (χ3n) is 2.94. The van der Waals surface area contributed by atoms with Crippen LogP contribution in [-0.4, -0.2) is 10.9 Å². The standard InChI is InChI=1S/C17H15Cl2N3S/c1-12-7-9-13(10-8-12)16(20-11-15(18)19)22-17(23)21-14-5-3-2-4-6-14/h2-11H,1H3,(H2,20,21,22,23)/p+1. The highest BCUT2D eigenvalue weighted by Gasteiger charge is 2.13. The zero-order valence-corrected chi connectivity index (χ0v) is 14.8. The van der Waals surface area contributed by atoms with Crippen molar-refractivity contribution < 1.29 is 4.99 Å². The summed E-state index contributed by atoms with van der Waals surface area (Å²) in [5.74, 6) is 0.678. The molecule has 0 saturated carbocycles. The van der Waals surface area contributed by atoms with E-state index in [4.69, 9.17) is 35.4 Å². The second-order valence-electron chi connectivity index (χ2n) is 4.76. The first-order chi connectivity index (χ1) is 11.0. The number of thiocarbonyl (C=S) groups is 1.